The standard InChI is InChI=1S/C23H23N3O4S/c1-12-5-6-19(30-4)14(7-12)17-11-31-22(25-17)26-21(29)15-8-13-16(24-20(15)28)9-23(2,3)10-18(13)27/h5-8,11H,9-10H2,1-4H3,(H,24,28)(H,25,26,29). The number of aromatic amines is 1. The lowest BCUT2D eigenvalue weighted by Crippen LogP contribution is -2.32. The van der Waals surface area contributed by atoms with Gasteiger partial charge < -0.3 is 9.72 Å². The molecule has 0 saturated heterocycles. The maximum absolute atomic E-state index is 12.8. The van der Waals surface area contributed by atoms with E-state index < -0.39 is 11.5 Å². The quantitative estimate of drug-likeness (QED) is 0.636. The number of amides is 1. The molecule has 0 aliphatic heterocycles. The van der Waals surface area contributed by atoms with Crippen LogP contribution in [0, 0.1) is 12.3 Å². The Morgan fingerprint density at radius 1 is 1.19 bits per heavy atom. The zero-order valence-electron chi connectivity index (χ0n) is 17.8. The maximum atomic E-state index is 12.8. The van der Waals surface area contributed by atoms with Crippen LogP contribution in [-0.4, -0.2) is 28.8 Å². The van der Waals surface area contributed by atoms with E-state index in [-0.39, 0.29) is 16.8 Å². The molecule has 8 heteroatoms. The number of nitrogens with zero attached hydrogens (tertiary/aromatic N) is 1. The van der Waals surface area contributed by atoms with Crippen molar-refractivity contribution in [2.24, 2.45) is 5.41 Å². The molecule has 2 N–H and O–H groups in total. The van der Waals surface area contributed by atoms with Gasteiger partial charge in [-0.05, 0) is 37.0 Å². The molecule has 1 aromatic carbocycles. The average molecular weight is 438 g/mol. The lowest BCUT2D eigenvalue weighted by Gasteiger charge is -2.29. The Morgan fingerprint density at radius 2 is 1.97 bits per heavy atom. The lowest BCUT2D eigenvalue weighted by atomic mass is 9.75. The van der Waals surface area contributed by atoms with Gasteiger partial charge in [-0.15, -0.1) is 11.3 Å². The molecule has 160 valence electrons. The molecule has 0 bridgehead atoms. The first-order valence-corrected chi connectivity index (χ1v) is 10.8. The number of hydrogen-bond acceptors (Lipinski definition) is 6. The maximum Gasteiger partial charge on any atom is 0.263 e. The Balaban J connectivity index is 1.61. The van der Waals surface area contributed by atoms with Crippen LogP contribution < -0.4 is 15.6 Å². The number of pyridine rings is 1. The number of ketones is 1. The Labute approximate surface area is 183 Å². The predicted octanol–water partition coefficient (Wildman–Crippen LogP) is 4.22. The second-order valence-corrected chi connectivity index (χ2v) is 9.40. The molecule has 0 saturated carbocycles. The van der Waals surface area contributed by atoms with Crippen molar-refractivity contribution >= 4 is 28.2 Å². The van der Waals surface area contributed by atoms with Gasteiger partial charge >= 0.3 is 0 Å². The van der Waals surface area contributed by atoms with Gasteiger partial charge in [0.2, 0.25) is 0 Å². The summed E-state index contributed by atoms with van der Waals surface area (Å²) in [5.41, 5.74) is 2.71. The van der Waals surface area contributed by atoms with Gasteiger partial charge in [-0.3, -0.25) is 19.7 Å². The predicted molar refractivity (Wildman–Crippen MR) is 120 cm³/mol. The average Bonchev–Trinajstić information content (AvgIpc) is 3.14. The van der Waals surface area contributed by atoms with Crippen LogP contribution in [0.1, 0.15) is 52.2 Å². The minimum Gasteiger partial charge on any atom is -0.496 e. The Kier molecular flexibility index (Phi) is 5.26. The van der Waals surface area contributed by atoms with Crippen LogP contribution >= 0.6 is 11.3 Å². The van der Waals surface area contributed by atoms with Crippen molar-refractivity contribution < 1.29 is 14.3 Å². The van der Waals surface area contributed by atoms with E-state index in [1.165, 1.54) is 17.4 Å². The number of H-pyrrole nitrogens is 1. The number of aryl methyl sites for hydroxylation is 1. The van der Waals surface area contributed by atoms with Crippen molar-refractivity contribution in [1.82, 2.24) is 9.97 Å². The van der Waals surface area contributed by atoms with E-state index >= 15 is 0 Å². The molecule has 1 aliphatic carbocycles. The molecule has 2 aromatic heterocycles. The van der Waals surface area contributed by atoms with E-state index in [0.29, 0.717) is 40.7 Å². The van der Waals surface area contributed by atoms with Crippen LogP contribution in [0.3, 0.4) is 0 Å². The molecule has 2 heterocycles. The Morgan fingerprint density at radius 3 is 2.71 bits per heavy atom. The number of nitrogens with one attached hydrogen (secondary N) is 2. The summed E-state index contributed by atoms with van der Waals surface area (Å²) < 4.78 is 5.41. The second-order valence-electron chi connectivity index (χ2n) is 8.54. The molecule has 3 aromatic rings. The van der Waals surface area contributed by atoms with E-state index in [9.17, 15) is 14.4 Å². The van der Waals surface area contributed by atoms with Crippen LogP contribution in [0.5, 0.6) is 5.75 Å². The molecule has 0 spiro atoms. The first-order chi connectivity index (χ1) is 14.7. The van der Waals surface area contributed by atoms with Gasteiger partial charge in [0.25, 0.3) is 11.5 Å². The molecule has 4 rings (SSSR count). The first-order valence-electron chi connectivity index (χ1n) is 9.88. The molecule has 0 unspecified atom stereocenters. The van der Waals surface area contributed by atoms with E-state index in [1.807, 2.05) is 44.4 Å². The normalized spacial score (nSPS) is 14.8. The van der Waals surface area contributed by atoms with Crippen LogP contribution in [0.2, 0.25) is 0 Å². The topological polar surface area (TPSA) is 101 Å². The van der Waals surface area contributed by atoms with Crippen molar-refractivity contribution in [2.75, 3.05) is 12.4 Å². The highest BCUT2D eigenvalue weighted by Crippen LogP contribution is 2.34. The van der Waals surface area contributed by atoms with Crippen molar-refractivity contribution in [1.29, 1.82) is 0 Å². The van der Waals surface area contributed by atoms with Crippen molar-refractivity contribution in [3.63, 3.8) is 0 Å². The van der Waals surface area contributed by atoms with E-state index in [1.54, 1.807) is 7.11 Å². The Hall–Kier alpha value is -3.26. The molecule has 0 radical (unpaired) electrons. The summed E-state index contributed by atoms with van der Waals surface area (Å²) in [4.78, 5) is 45.0. The van der Waals surface area contributed by atoms with Crippen LogP contribution in [0.4, 0.5) is 5.13 Å². The van der Waals surface area contributed by atoms with Crippen molar-refractivity contribution in [2.45, 2.75) is 33.6 Å². The summed E-state index contributed by atoms with van der Waals surface area (Å²) in [5.74, 6) is 0.0137. The number of rotatable bonds is 4. The number of benzene rings is 1. The van der Waals surface area contributed by atoms with Crippen molar-refractivity contribution in [3.05, 3.63) is 62.4 Å². The molecule has 1 amide bonds. The summed E-state index contributed by atoms with van der Waals surface area (Å²) in [6.45, 7) is 5.94. The van der Waals surface area contributed by atoms with Crippen LogP contribution in [0.15, 0.2) is 34.4 Å². The summed E-state index contributed by atoms with van der Waals surface area (Å²) >= 11 is 1.25. The third kappa shape index (κ3) is 4.16. The lowest BCUT2D eigenvalue weighted by molar-refractivity contribution is 0.0910. The minimum atomic E-state index is -0.598. The monoisotopic (exact) mass is 437 g/mol. The highest BCUT2D eigenvalue weighted by Gasteiger charge is 2.32. The zero-order valence-corrected chi connectivity index (χ0v) is 18.6. The highest BCUT2D eigenvalue weighted by atomic mass is 32.1. The first kappa shape index (κ1) is 21.0. The van der Waals surface area contributed by atoms with E-state index in [2.05, 4.69) is 15.3 Å². The SMILES string of the molecule is COc1ccc(C)cc1-c1csc(NC(=O)c2cc3c([nH]c2=O)CC(C)(C)CC3=O)n1. The van der Waals surface area contributed by atoms with Gasteiger partial charge in [0.15, 0.2) is 10.9 Å². The molecule has 31 heavy (non-hydrogen) atoms. The Bertz CT molecular complexity index is 1260. The van der Waals surface area contributed by atoms with Gasteiger partial charge in [0.1, 0.15) is 11.3 Å². The molecule has 0 fully saturated rings. The molecule has 1 aliphatic rings. The third-order valence-corrected chi connectivity index (χ3v) is 6.08. The number of carbonyl (C=O) groups excluding carboxylic acids is 2. The number of Topliss-reactive ketones (excluding diaryl/α,β-unsaturated/α-hetero) is 1. The van der Waals surface area contributed by atoms with Crippen molar-refractivity contribution in [3.8, 4) is 17.0 Å². The second kappa shape index (κ2) is 7.77. The zero-order chi connectivity index (χ0) is 22.3. The molecule has 0 atom stereocenters. The fourth-order valence-corrected chi connectivity index (χ4v) is 4.54. The summed E-state index contributed by atoms with van der Waals surface area (Å²) in [7, 11) is 1.59. The van der Waals surface area contributed by atoms with Gasteiger partial charge in [0, 0.05) is 28.6 Å². The van der Waals surface area contributed by atoms with Gasteiger partial charge in [-0.2, -0.15) is 0 Å². The van der Waals surface area contributed by atoms with Gasteiger partial charge in [-0.1, -0.05) is 25.5 Å². The number of fused-ring (bicyclic) bond motifs is 1. The fraction of sp³-hybridized carbons (Fsp3) is 0.304. The number of thiazole rings is 1. The van der Waals surface area contributed by atoms with Gasteiger partial charge in [-0.25, -0.2) is 4.98 Å². The van der Waals surface area contributed by atoms with Gasteiger partial charge in [0.05, 0.1) is 12.8 Å². The number of ether oxygens (including phenoxy) is 1. The number of methoxy groups -OCH3 is 1. The summed E-state index contributed by atoms with van der Waals surface area (Å²) in [6.07, 6.45) is 0.959. The molecular formula is C23H23N3O4S. The largest absolute Gasteiger partial charge is 0.496 e. The van der Waals surface area contributed by atoms with Crippen LogP contribution in [-0.2, 0) is 6.42 Å². The molecular weight excluding hydrogens is 414 g/mol. The van der Waals surface area contributed by atoms with E-state index in [4.69, 9.17) is 4.74 Å². The smallest absolute Gasteiger partial charge is 0.263 e. The number of hydrogen-bond donors (Lipinski definition) is 2. The fourth-order valence-electron chi connectivity index (χ4n) is 3.84. The van der Waals surface area contributed by atoms with Crippen LogP contribution in [0.25, 0.3) is 11.3 Å². The number of carbonyl (C=O) groups is 2. The minimum absolute atomic E-state index is 0.0698. The van der Waals surface area contributed by atoms with E-state index in [0.717, 1.165) is 11.1 Å². The number of aromatic nitrogens is 2. The highest BCUT2D eigenvalue weighted by molar-refractivity contribution is 7.14. The third-order valence-electron chi connectivity index (χ3n) is 5.32. The summed E-state index contributed by atoms with van der Waals surface area (Å²) in [5, 5.41) is 4.85. The molecule has 7 nitrogen and oxygen atoms in total. The number of anilines is 1. The summed E-state index contributed by atoms with van der Waals surface area (Å²) in [6, 6.07) is 7.18.